The van der Waals surface area contributed by atoms with Gasteiger partial charge in [-0.3, -0.25) is 9.59 Å². The molecule has 3 aromatic rings. The molecule has 0 saturated carbocycles. The van der Waals surface area contributed by atoms with Crippen LogP contribution >= 0.6 is 23.2 Å². The van der Waals surface area contributed by atoms with Crippen LogP contribution in [0.25, 0.3) is 6.08 Å². The summed E-state index contributed by atoms with van der Waals surface area (Å²) in [5.41, 5.74) is 0.753. The van der Waals surface area contributed by atoms with Gasteiger partial charge in [-0.2, -0.15) is 0 Å². The molecule has 3 rings (SSSR count). The van der Waals surface area contributed by atoms with Gasteiger partial charge in [0.1, 0.15) is 0 Å². The molecule has 0 amide bonds. The highest BCUT2D eigenvalue weighted by molar-refractivity contribution is 6.30. The molecule has 0 heterocycles. The number of allylic oxidation sites excluding steroid dienone is 1. The molecular formula is C29H28Cl2O4. The highest BCUT2D eigenvalue weighted by atomic mass is 35.5. The van der Waals surface area contributed by atoms with Gasteiger partial charge in [0.25, 0.3) is 0 Å². The minimum Gasteiger partial charge on any atom is -0.465 e. The Hall–Kier alpha value is -3.08. The maximum absolute atomic E-state index is 13.7. The average Bonchev–Trinajstić information content (AvgIpc) is 2.86. The molecule has 1 atom stereocenters. The van der Waals surface area contributed by atoms with Crippen molar-refractivity contribution in [3.63, 3.8) is 0 Å². The molecular weight excluding hydrogens is 483 g/mol. The zero-order chi connectivity index (χ0) is 25.3. The molecule has 35 heavy (non-hydrogen) atoms. The molecule has 0 radical (unpaired) electrons. The normalized spacial score (nSPS) is 12.3. The first kappa shape index (κ1) is 26.5. The van der Waals surface area contributed by atoms with E-state index in [1.165, 1.54) is 0 Å². The first-order valence-electron chi connectivity index (χ1n) is 11.5. The molecule has 1 unspecified atom stereocenters. The van der Waals surface area contributed by atoms with E-state index < -0.39 is 23.3 Å². The van der Waals surface area contributed by atoms with Gasteiger partial charge in [-0.15, -0.1) is 0 Å². The summed E-state index contributed by atoms with van der Waals surface area (Å²) >= 11 is 12.2. The standard InChI is InChI=1S/C29H28Cl2O4/c1-3-34-27(32)29(28(33)35-4-2,20-22-8-6-5-7-9-22)26(23-13-17-25(31)18-14-23)19-12-21-10-15-24(30)16-11-21/h5-19,26H,3-4,20H2,1-2H3/b19-12+. The molecule has 0 aliphatic heterocycles. The quantitative estimate of drug-likeness (QED) is 0.214. The summed E-state index contributed by atoms with van der Waals surface area (Å²) in [5, 5.41) is 1.17. The Bertz CT molecular complexity index is 1120. The fraction of sp³-hybridized carbons (Fsp3) is 0.241. The molecule has 0 saturated heterocycles. The third-order valence-electron chi connectivity index (χ3n) is 5.72. The Morgan fingerprint density at radius 1 is 0.800 bits per heavy atom. The zero-order valence-corrected chi connectivity index (χ0v) is 21.3. The lowest BCUT2D eigenvalue weighted by molar-refractivity contribution is -0.173. The van der Waals surface area contributed by atoms with Crippen LogP contribution in [0.15, 0.2) is 84.9 Å². The van der Waals surface area contributed by atoms with Crippen LogP contribution in [-0.4, -0.2) is 25.2 Å². The van der Waals surface area contributed by atoms with Gasteiger partial charge in [0, 0.05) is 22.4 Å². The number of rotatable bonds is 10. The van der Waals surface area contributed by atoms with Crippen molar-refractivity contribution in [1.29, 1.82) is 0 Å². The van der Waals surface area contributed by atoms with E-state index in [0.717, 1.165) is 16.7 Å². The Labute approximate surface area is 216 Å². The van der Waals surface area contributed by atoms with E-state index in [-0.39, 0.29) is 19.6 Å². The predicted octanol–water partition coefficient (Wildman–Crippen LogP) is 7.15. The van der Waals surface area contributed by atoms with Crippen molar-refractivity contribution in [3.8, 4) is 0 Å². The van der Waals surface area contributed by atoms with Crippen LogP contribution in [0.3, 0.4) is 0 Å². The average molecular weight is 511 g/mol. The highest BCUT2D eigenvalue weighted by Crippen LogP contribution is 2.43. The molecule has 0 aromatic heterocycles. The molecule has 0 aliphatic carbocycles. The van der Waals surface area contributed by atoms with Crippen LogP contribution in [0.4, 0.5) is 0 Å². The molecule has 0 fully saturated rings. The third-order valence-corrected chi connectivity index (χ3v) is 6.22. The highest BCUT2D eigenvalue weighted by Gasteiger charge is 2.54. The first-order valence-corrected chi connectivity index (χ1v) is 12.2. The number of benzene rings is 3. The molecule has 0 N–H and O–H groups in total. The fourth-order valence-corrected chi connectivity index (χ4v) is 4.29. The molecule has 0 bridgehead atoms. The van der Waals surface area contributed by atoms with Gasteiger partial charge in [0.2, 0.25) is 0 Å². The van der Waals surface area contributed by atoms with Gasteiger partial charge in [0.15, 0.2) is 5.41 Å². The van der Waals surface area contributed by atoms with E-state index in [4.69, 9.17) is 32.7 Å². The maximum atomic E-state index is 13.7. The summed E-state index contributed by atoms with van der Waals surface area (Å²) in [6, 6.07) is 23.8. The number of ether oxygens (including phenoxy) is 2. The van der Waals surface area contributed by atoms with Gasteiger partial charge >= 0.3 is 11.9 Å². The summed E-state index contributed by atoms with van der Waals surface area (Å²) in [4.78, 5) is 27.4. The van der Waals surface area contributed by atoms with Crippen LogP contribution < -0.4 is 0 Å². The third kappa shape index (κ3) is 6.53. The summed E-state index contributed by atoms with van der Waals surface area (Å²) in [5.74, 6) is -1.97. The summed E-state index contributed by atoms with van der Waals surface area (Å²) in [6.45, 7) is 3.69. The Morgan fingerprint density at radius 3 is 1.83 bits per heavy atom. The van der Waals surface area contributed by atoms with Crippen molar-refractivity contribution < 1.29 is 19.1 Å². The van der Waals surface area contributed by atoms with E-state index in [9.17, 15) is 9.59 Å². The lowest BCUT2D eigenvalue weighted by Gasteiger charge is -2.35. The first-order chi connectivity index (χ1) is 16.9. The number of carbonyl (C=O) groups excluding carboxylic acids is 2. The minimum atomic E-state index is -1.66. The molecule has 0 spiro atoms. The molecule has 4 nitrogen and oxygen atoms in total. The van der Waals surface area contributed by atoms with E-state index in [2.05, 4.69) is 0 Å². The van der Waals surface area contributed by atoms with Gasteiger partial charge < -0.3 is 9.47 Å². The van der Waals surface area contributed by atoms with Crippen molar-refractivity contribution in [2.75, 3.05) is 13.2 Å². The van der Waals surface area contributed by atoms with Gasteiger partial charge in [-0.25, -0.2) is 0 Å². The topological polar surface area (TPSA) is 52.6 Å². The molecule has 6 heteroatoms. The predicted molar refractivity (Wildman–Crippen MR) is 141 cm³/mol. The Morgan fingerprint density at radius 2 is 1.31 bits per heavy atom. The van der Waals surface area contributed by atoms with Crippen LogP contribution in [0, 0.1) is 5.41 Å². The lowest BCUT2D eigenvalue weighted by Crippen LogP contribution is -2.48. The van der Waals surface area contributed by atoms with E-state index in [1.807, 2.05) is 66.7 Å². The van der Waals surface area contributed by atoms with Crippen LogP contribution in [0.5, 0.6) is 0 Å². The SMILES string of the molecule is CCOC(=O)C(Cc1ccccc1)(C(=O)OCC)C(/C=C/c1ccc(Cl)cc1)c1ccc(Cl)cc1. The van der Waals surface area contributed by atoms with Crippen molar-refractivity contribution in [2.24, 2.45) is 5.41 Å². The second-order valence-electron chi connectivity index (χ2n) is 8.01. The number of esters is 2. The van der Waals surface area contributed by atoms with Gasteiger partial charge in [-0.1, -0.05) is 90.0 Å². The Balaban J connectivity index is 2.24. The van der Waals surface area contributed by atoms with E-state index in [0.29, 0.717) is 10.0 Å². The lowest BCUT2D eigenvalue weighted by atomic mass is 9.67. The van der Waals surface area contributed by atoms with Crippen molar-refractivity contribution in [3.05, 3.63) is 112 Å². The van der Waals surface area contributed by atoms with Gasteiger partial charge in [-0.05, 0) is 54.8 Å². The number of halogens is 2. The largest absolute Gasteiger partial charge is 0.465 e. The zero-order valence-electron chi connectivity index (χ0n) is 19.7. The second-order valence-corrected chi connectivity index (χ2v) is 8.89. The van der Waals surface area contributed by atoms with Crippen molar-refractivity contribution >= 4 is 41.2 Å². The van der Waals surface area contributed by atoms with Crippen LogP contribution in [-0.2, 0) is 25.5 Å². The van der Waals surface area contributed by atoms with E-state index >= 15 is 0 Å². The van der Waals surface area contributed by atoms with Gasteiger partial charge in [0.05, 0.1) is 13.2 Å². The number of carbonyl (C=O) groups is 2. The summed E-state index contributed by atoms with van der Waals surface area (Å²) < 4.78 is 11.0. The van der Waals surface area contributed by atoms with Crippen molar-refractivity contribution in [1.82, 2.24) is 0 Å². The smallest absolute Gasteiger partial charge is 0.324 e. The molecule has 182 valence electrons. The second kappa shape index (κ2) is 12.6. The van der Waals surface area contributed by atoms with Crippen LogP contribution in [0.2, 0.25) is 10.0 Å². The molecule has 0 aliphatic rings. The van der Waals surface area contributed by atoms with Crippen LogP contribution in [0.1, 0.15) is 36.5 Å². The molecule has 3 aromatic carbocycles. The van der Waals surface area contributed by atoms with E-state index in [1.54, 1.807) is 38.1 Å². The minimum absolute atomic E-state index is 0.101. The maximum Gasteiger partial charge on any atom is 0.324 e. The number of hydrogen-bond donors (Lipinski definition) is 0. The fourth-order valence-electron chi connectivity index (χ4n) is 4.04. The van der Waals surface area contributed by atoms with Crippen molar-refractivity contribution in [2.45, 2.75) is 26.2 Å². The number of hydrogen-bond acceptors (Lipinski definition) is 4. The summed E-state index contributed by atoms with van der Waals surface area (Å²) in [6.07, 6.45) is 3.82. The Kier molecular flexibility index (Phi) is 9.53. The summed E-state index contributed by atoms with van der Waals surface area (Å²) in [7, 11) is 0. The monoisotopic (exact) mass is 510 g/mol.